The van der Waals surface area contributed by atoms with Crippen LogP contribution >= 0.6 is 22.9 Å². The highest BCUT2D eigenvalue weighted by atomic mass is 35.5. The van der Waals surface area contributed by atoms with Gasteiger partial charge in [-0.15, -0.1) is 11.3 Å². The molecule has 7 aromatic rings. The van der Waals surface area contributed by atoms with E-state index < -0.39 is 29.9 Å². The van der Waals surface area contributed by atoms with Crippen molar-refractivity contribution in [3.8, 4) is 38.9 Å². The summed E-state index contributed by atoms with van der Waals surface area (Å²) < 4.78 is 62.3. The lowest BCUT2D eigenvalue weighted by Gasteiger charge is -2.35. The number of aliphatic hydroxyl groups excluding tert-OH is 1. The summed E-state index contributed by atoms with van der Waals surface area (Å²) in [6.45, 7) is 14.9. The summed E-state index contributed by atoms with van der Waals surface area (Å²) in [5, 5.41) is 33.5. The first kappa shape index (κ1) is 69.5. The van der Waals surface area contributed by atoms with Crippen molar-refractivity contribution >= 4 is 80.0 Å². The van der Waals surface area contributed by atoms with Crippen LogP contribution in [0.2, 0.25) is 5.02 Å². The minimum atomic E-state index is -0.908. The number of piperazine rings is 1. The van der Waals surface area contributed by atoms with Crippen LogP contribution in [0.5, 0.6) is 17.4 Å². The van der Waals surface area contributed by atoms with Crippen molar-refractivity contribution in [2.75, 3.05) is 143 Å². The molecule has 4 amide bonds. The van der Waals surface area contributed by atoms with Crippen molar-refractivity contribution in [1.29, 1.82) is 0 Å². The number of aryl methyl sites for hydroxylation is 1. The average Bonchev–Trinajstić information content (AvgIpc) is 1.07. The van der Waals surface area contributed by atoms with Crippen LogP contribution in [0.15, 0.2) is 76.8 Å². The monoisotopic (exact) mass is 1320 g/mol. The van der Waals surface area contributed by atoms with Crippen molar-refractivity contribution in [1.82, 2.24) is 40.1 Å². The molecule has 93 heavy (non-hydrogen) atoms. The third-order valence-electron chi connectivity index (χ3n) is 16.3. The zero-order valence-corrected chi connectivity index (χ0v) is 55.1. The number of ether oxygens (including phenoxy) is 7. The molecule has 0 aliphatic carbocycles. The number of thiazole rings is 1. The number of phenolic OH excluding ortho intramolecular Hbond substituents is 1. The number of β-amino-alcohol motifs (C(OH)–C–C–N with tert-alkyl or cyclic N) is 1. The number of nitrogens with zero attached hydrogens (tertiary/aromatic N) is 8. The zero-order chi connectivity index (χ0) is 66.1. The molecule has 500 valence electrons. The normalized spacial score (nSPS) is 15.7. The number of likely N-dealkylation sites (tertiary alicyclic amines) is 1. The maximum absolute atomic E-state index is 17.0. The number of carbonyl (C=O) groups is 4. The lowest BCUT2D eigenvalue weighted by Crippen LogP contribution is -2.48. The molecule has 2 aliphatic rings. The number of carbonyl (C=O) groups excluding carboxylic acids is 4. The number of aromatic nitrogens is 4. The molecule has 3 aromatic heterocycles. The van der Waals surface area contributed by atoms with E-state index in [0.717, 1.165) is 21.7 Å². The number of rotatable bonds is 33. The molecule has 2 saturated heterocycles. The third kappa shape index (κ3) is 17.9. The summed E-state index contributed by atoms with van der Waals surface area (Å²) in [4.78, 5) is 74.8. The first-order valence-corrected chi connectivity index (χ1v) is 32.4. The first-order chi connectivity index (χ1) is 44.9. The quantitative estimate of drug-likeness (QED) is 0.0283. The van der Waals surface area contributed by atoms with Gasteiger partial charge in [-0.3, -0.25) is 19.2 Å². The van der Waals surface area contributed by atoms with Gasteiger partial charge in [-0.05, 0) is 71.1 Å². The van der Waals surface area contributed by atoms with E-state index >= 15 is 4.39 Å². The summed E-state index contributed by atoms with van der Waals surface area (Å²) in [5.74, 6) is -1.07. The van der Waals surface area contributed by atoms with E-state index in [9.17, 15) is 29.4 Å². The summed E-state index contributed by atoms with van der Waals surface area (Å²) >= 11 is 8.42. The number of hydrogen-bond acceptors (Lipinski definition) is 21. The van der Waals surface area contributed by atoms with E-state index in [1.54, 1.807) is 47.7 Å². The number of methoxy groups -OCH3 is 1. The van der Waals surface area contributed by atoms with Crippen LogP contribution in [0.1, 0.15) is 69.5 Å². The first-order valence-electron chi connectivity index (χ1n) is 31.2. The smallest absolute Gasteiger partial charge is 0.254 e. The van der Waals surface area contributed by atoms with Crippen LogP contribution in [-0.4, -0.2) is 213 Å². The van der Waals surface area contributed by atoms with Crippen molar-refractivity contribution < 1.29 is 71.5 Å². The SMILES string of the molecule is COc1cc(-c2scnc2C)ccc1[C@H](C)NC(=O)[C@@H]1C[C@@H](O)CN1C(=O)[C@@H](c1cc(OCCOCCOCCOCCOCCOCCN(C)C(=O)CCNc2nc(N3CCN(C(C)=O)CC3)c3cc(Cl)c(-c4cc(O)cc5ccccc45)c(F)c3n2)no1)C(C)C. The van der Waals surface area contributed by atoms with Gasteiger partial charge in [-0.2, -0.15) is 4.98 Å². The van der Waals surface area contributed by atoms with Gasteiger partial charge in [0.2, 0.25) is 29.6 Å². The Morgan fingerprint density at radius 3 is 2.19 bits per heavy atom. The molecule has 2 aliphatic heterocycles. The fraction of sp³-hybridized carbons (Fsp3) is 0.485. The summed E-state index contributed by atoms with van der Waals surface area (Å²) in [6, 6.07) is 18.0. The van der Waals surface area contributed by atoms with Gasteiger partial charge >= 0.3 is 0 Å². The van der Waals surface area contributed by atoms with Gasteiger partial charge in [0, 0.05) is 95.2 Å². The number of anilines is 2. The molecular formula is C66H82ClFN10O14S. The van der Waals surface area contributed by atoms with Gasteiger partial charge < -0.3 is 78.1 Å². The average molecular weight is 1330 g/mol. The molecule has 0 radical (unpaired) electrons. The number of fused-ring (bicyclic) bond motifs is 2. The predicted molar refractivity (Wildman–Crippen MR) is 350 cm³/mol. The molecule has 0 spiro atoms. The molecule has 9 rings (SSSR count). The standard InChI is InChI=1S/C66H82ClFN10O14S/c1-40(2)58(65(84)78-38-47(81)35-53(78)64(83)71-41(3)48-13-12-45(33-54(48)85-7)62-42(4)70-39-93-62)55-37-56(74-92-55)91-31-30-90-29-28-89-27-26-88-25-24-87-23-22-86-21-20-75(6)57(82)14-15-69-66-72-61-51(63(73-66)77-18-16-76(17-19-77)43(5)79)36-52(67)59(60(61)68)50-34-46(80)32-44-10-8-9-11-49(44)50/h8-13,32-34,36-37,39-41,47,53,58,80-81H,14-31,35,38H2,1-7H3,(H,71,83)(H,69,72,73)/t41-,47+,53-,58+/m0/s1. The second-order valence-electron chi connectivity index (χ2n) is 23.1. The minimum Gasteiger partial charge on any atom is -0.508 e. The van der Waals surface area contributed by atoms with Crippen LogP contribution < -0.4 is 25.0 Å². The van der Waals surface area contributed by atoms with Crippen LogP contribution in [0.4, 0.5) is 16.2 Å². The summed E-state index contributed by atoms with van der Waals surface area (Å²) in [6.07, 6.45) is -0.702. The molecule has 24 nitrogen and oxygen atoms in total. The summed E-state index contributed by atoms with van der Waals surface area (Å²) in [7, 11) is 3.27. The van der Waals surface area contributed by atoms with Crippen molar-refractivity contribution in [2.45, 2.75) is 71.6 Å². The highest BCUT2D eigenvalue weighted by molar-refractivity contribution is 7.13. The molecule has 5 heterocycles. The third-order valence-corrected chi connectivity index (χ3v) is 17.5. The lowest BCUT2D eigenvalue weighted by atomic mass is 9.91. The maximum atomic E-state index is 17.0. The number of amides is 4. The zero-order valence-electron chi connectivity index (χ0n) is 53.5. The lowest BCUT2D eigenvalue weighted by molar-refractivity contribution is -0.141. The van der Waals surface area contributed by atoms with Crippen molar-refractivity contribution in [2.24, 2.45) is 5.92 Å². The van der Waals surface area contributed by atoms with Gasteiger partial charge in [0.1, 0.15) is 41.4 Å². The van der Waals surface area contributed by atoms with Gasteiger partial charge in [-0.25, -0.2) is 14.4 Å². The highest BCUT2D eigenvalue weighted by Crippen LogP contribution is 2.43. The molecule has 2 fully saturated rings. The Morgan fingerprint density at radius 2 is 1.54 bits per heavy atom. The molecule has 4 aromatic carbocycles. The number of likely N-dealkylation sites (N-methyl/N-ethyl adjacent to an activating group) is 1. The van der Waals surface area contributed by atoms with E-state index in [1.165, 1.54) is 29.2 Å². The topological polar surface area (TPSA) is 275 Å². The fourth-order valence-electron chi connectivity index (χ4n) is 11.3. The number of aliphatic hydroxyl groups is 1. The molecular weight excluding hydrogens is 1240 g/mol. The summed E-state index contributed by atoms with van der Waals surface area (Å²) in [5.41, 5.74) is 4.94. The van der Waals surface area contributed by atoms with Crippen LogP contribution in [-0.2, 0) is 42.9 Å². The number of benzene rings is 4. The number of aromatic hydroxyl groups is 1. The number of hydrogen-bond donors (Lipinski definition) is 4. The van der Waals surface area contributed by atoms with Crippen LogP contribution in [0.25, 0.3) is 43.2 Å². The van der Waals surface area contributed by atoms with Crippen molar-refractivity contribution in [3.05, 3.63) is 100 Å². The molecule has 4 atom stereocenters. The van der Waals surface area contributed by atoms with Gasteiger partial charge in [0.05, 0.1) is 106 Å². The fourth-order valence-corrected chi connectivity index (χ4v) is 12.4. The van der Waals surface area contributed by atoms with E-state index in [-0.39, 0.29) is 108 Å². The predicted octanol–water partition coefficient (Wildman–Crippen LogP) is 8.05. The van der Waals surface area contributed by atoms with E-state index in [1.807, 2.05) is 75.1 Å². The van der Waals surface area contributed by atoms with Crippen molar-refractivity contribution in [3.63, 3.8) is 0 Å². The Bertz CT molecular complexity index is 3680. The molecule has 0 bridgehead atoms. The van der Waals surface area contributed by atoms with E-state index in [4.69, 9.17) is 54.3 Å². The number of phenols is 1. The molecule has 27 heteroatoms. The Balaban J connectivity index is 0.613. The Hall–Kier alpha value is -7.82. The second-order valence-corrected chi connectivity index (χ2v) is 24.3. The minimum absolute atomic E-state index is 0.00641. The molecule has 0 saturated carbocycles. The number of nitrogens with one attached hydrogen (secondary N) is 2. The Morgan fingerprint density at radius 1 is 0.860 bits per heavy atom. The van der Waals surface area contributed by atoms with Gasteiger partial charge in [0.25, 0.3) is 5.88 Å². The molecule has 4 N–H and O–H groups in total. The van der Waals surface area contributed by atoms with E-state index in [0.29, 0.717) is 125 Å². The Kier molecular flexibility index (Phi) is 24.9. The Labute approximate surface area is 548 Å². The maximum Gasteiger partial charge on any atom is 0.254 e. The van der Waals surface area contributed by atoms with Crippen LogP contribution in [0.3, 0.4) is 0 Å². The molecule has 0 unspecified atom stereocenters. The van der Waals surface area contributed by atoms with Gasteiger partial charge in [0.15, 0.2) is 11.6 Å². The number of halogens is 2. The largest absolute Gasteiger partial charge is 0.508 e. The highest BCUT2D eigenvalue weighted by Gasteiger charge is 2.44. The van der Waals surface area contributed by atoms with Gasteiger partial charge in [-0.1, -0.05) is 61.8 Å². The van der Waals surface area contributed by atoms with E-state index in [2.05, 4.69) is 25.8 Å². The van der Waals surface area contributed by atoms with Crippen LogP contribution in [0, 0.1) is 18.7 Å². The second kappa shape index (κ2) is 33.3.